The van der Waals surface area contributed by atoms with E-state index < -0.39 is 46.8 Å². The summed E-state index contributed by atoms with van der Waals surface area (Å²) in [5.41, 5.74) is 5.30. The first-order valence-electron chi connectivity index (χ1n) is 17.8. The van der Waals surface area contributed by atoms with Crippen LogP contribution >= 0.6 is 24.0 Å². The fourth-order valence-corrected chi connectivity index (χ4v) is 6.95. The van der Waals surface area contributed by atoms with Crippen LogP contribution in [0.2, 0.25) is 5.02 Å². The fraction of sp³-hybridized carbons (Fsp3) is 0.209. The Bertz CT molecular complexity index is 2370. The number of ether oxygens (including phenoxy) is 3. The molecule has 5 aromatic carbocycles. The number of fused-ring (bicyclic) bond motifs is 2. The summed E-state index contributed by atoms with van der Waals surface area (Å²) in [5, 5.41) is 17.6. The minimum atomic E-state index is -4.59. The number of nitrogens with zero attached hydrogens (tertiary/aromatic N) is 1. The van der Waals surface area contributed by atoms with Gasteiger partial charge < -0.3 is 30.2 Å². The summed E-state index contributed by atoms with van der Waals surface area (Å²) >= 11 is 5.71. The molecule has 15 heteroatoms. The van der Waals surface area contributed by atoms with Crippen molar-refractivity contribution in [3.05, 3.63) is 147 Å². The molecule has 0 aliphatic carbocycles. The van der Waals surface area contributed by atoms with Crippen molar-refractivity contribution in [2.24, 2.45) is 0 Å². The van der Waals surface area contributed by atoms with Gasteiger partial charge in [0, 0.05) is 18.5 Å². The van der Waals surface area contributed by atoms with E-state index in [0.717, 1.165) is 33.9 Å². The van der Waals surface area contributed by atoms with Gasteiger partial charge in [-0.25, -0.2) is 4.79 Å². The van der Waals surface area contributed by atoms with Gasteiger partial charge in [-0.1, -0.05) is 66.2 Å². The minimum absolute atomic E-state index is 0. The van der Waals surface area contributed by atoms with Crippen molar-refractivity contribution in [3.8, 4) is 28.7 Å². The van der Waals surface area contributed by atoms with Gasteiger partial charge in [0.05, 0.1) is 41.1 Å². The average molecular weight is 832 g/mol. The van der Waals surface area contributed by atoms with Crippen LogP contribution in [0.5, 0.6) is 11.5 Å². The van der Waals surface area contributed by atoms with Crippen LogP contribution in [0.3, 0.4) is 0 Å². The van der Waals surface area contributed by atoms with E-state index in [0.29, 0.717) is 34.9 Å². The molecule has 0 saturated heterocycles. The van der Waals surface area contributed by atoms with Crippen LogP contribution in [0.4, 0.5) is 18.9 Å². The van der Waals surface area contributed by atoms with Crippen molar-refractivity contribution in [1.29, 1.82) is 5.26 Å². The van der Waals surface area contributed by atoms with Crippen molar-refractivity contribution >= 4 is 47.5 Å². The standard InChI is InChI=1S/C43H34ClF3N4O6.ClH/c1-55-42(54)37(17-24-2-7-27(8-3-24)28-9-4-25(21-48)5-10-28)51-40(52)36-19-30-18-35-38(20-31(30)22-49-36)57-39(41(53)50-35)29-11-13-32(14-12-29)56-23-26-6-15-34(44)33(16-26)43(45,46)47;/h2-16,18,20,36-37,39,49H,17,19,22-23H2,1H3,(H,50,53)(H,51,52);1H/t36?,37-,39-;/m0./s1. The van der Waals surface area contributed by atoms with E-state index in [9.17, 15) is 27.6 Å². The Balaban J connectivity index is 0.00000567. The molecule has 0 aromatic heterocycles. The molecule has 2 aliphatic rings. The van der Waals surface area contributed by atoms with Crippen LogP contribution in [0, 0.1) is 11.3 Å². The molecule has 0 radical (unpaired) electrons. The fourth-order valence-electron chi connectivity index (χ4n) is 6.72. The molecule has 1 unspecified atom stereocenters. The third-order valence-corrected chi connectivity index (χ3v) is 10.1. The Morgan fingerprint density at radius 2 is 1.62 bits per heavy atom. The van der Waals surface area contributed by atoms with E-state index >= 15 is 0 Å². The number of amides is 2. The second kappa shape index (κ2) is 17.6. The Labute approximate surface area is 342 Å². The highest BCUT2D eigenvalue weighted by Crippen LogP contribution is 2.39. The monoisotopic (exact) mass is 830 g/mol. The van der Waals surface area contributed by atoms with Crippen LogP contribution < -0.4 is 25.4 Å². The van der Waals surface area contributed by atoms with E-state index in [2.05, 4.69) is 22.0 Å². The molecule has 298 valence electrons. The summed E-state index contributed by atoms with van der Waals surface area (Å²) in [5.74, 6) is -0.545. The second-order valence-corrected chi connectivity index (χ2v) is 14.0. The highest BCUT2D eigenvalue weighted by molar-refractivity contribution is 6.31. The first-order chi connectivity index (χ1) is 27.4. The van der Waals surface area contributed by atoms with Crippen LogP contribution in [-0.4, -0.2) is 37.0 Å². The number of alkyl halides is 3. The van der Waals surface area contributed by atoms with Gasteiger partial charge in [0.15, 0.2) is 0 Å². The molecule has 3 N–H and O–H groups in total. The number of rotatable bonds is 10. The van der Waals surface area contributed by atoms with Gasteiger partial charge in [0.2, 0.25) is 12.0 Å². The number of esters is 1. The maximum atomic E-state index is 13.5. The Morgan fingerprint density at radius 3 is 2.28 bits per heavy atom. The lowest BCUT2D eigenvalue weighted by molar-refractivity contribution is -0.145. The molecule has 7 rings (SSSR count). The summed E-state index contributed by atoms with van der Waals surface area (Å²) in [4.78, 5) is 39.5. The Kier molecular flexibility index (Phi) is 12.6. The van der Waals surface area contributed by atoms with Gasteiger partial charge in [0.25, 0.3) is 5.91 Å². The van der Waals surface area contributed by atoms with Gasteiger partial charge in [-0.05, 0) is 88.3 Å². The minimum Gasteiger partial charge on any atom is -0.489 e. The van der Waals surface area contributed by atoms with Crippen molar-refractivity contribution in [2.45, 2.75) is 50.4 Å². The van der Waals surface area contributed by atoms with Crippen molar-refractivity contribution in [3.63, 3.8) is 0 Å². The Hall–Kier alpha value is -6.07. The molecule has 3 atom stereocenters. The molecule has 0 saturated carbocycles. The lowest BCUT2D eigenvalue weighted by Gasteiger charge is -2.31. The maximum Gasteiger partial charge on any atom is 0.417 e. The summed E-state index contributed by atoms with van der Waals surface area (Å²) in [6, 6.07) is 29.0. The third-order valence-electron chi connectivity index (χ3n) is 9.79. The van der Waals surface area contributed by atoms with E-state index in [1.165, 1.54) is 19.2 Å². The van der Waals surface area contributed by atoms with E-state index in [4.69, 9.17) is 31.1 Å². The third kappa shape index (κ3) is 9.37. The Morgan fingerprint density at radius 1 is 0.948 bits per heavy atom. The molecule has 2 amide bonds. The molecule has 0 fully saturated rings. The summed E-state index contributed by atoms with van der Waals surface area (Å²) in [6.45, 7) is 0.199. The predicted octanol–water partition coefficient (Wildman–Crippen LogP) is 7.89. The lowest BCUT2D eigenvalue weighted by Crippen LogP contribution is -2.53. The largest absolute Gasteiger partial charge is 0.489 e. The molecule has 5 aromatic rings. The quantitative estimate of drug-likeness (QED) is 0.121. The highest BCUT2D eigenvalue weighted by Gasteiger charge is 2.35. The number of nitriles is 1. The molecule has 10 nitrogen and oxygen atoms in total. The molecule has 2 aliphatic heterocycles. The number of carbonyl (C=O) groups excluding carboxylic acids is 3. The van der Waals surface area contributed by atoms with E-state index in [1.807, 2.05) is 42.5 Å². The zero-order valence-corrected chi connectivity index (χ0v) is 32.3. The smallest absolute Gasteiger partial charge is 0.417 e. The number of carbonyl (C=O) groups is 3. The van der Waals surface area contributed by atoms with Gasteiger partial charge in [-0.2, -0.15) is 18.4 Å². The van der Waals surface area contributed by atoms with Gasteiger partial charge >= 0.3 is 12.1 Å². The number of halogens is 5. The summed E-state index contributed by atoms with van der Waals surface area (Å²) in [6.07, 6.45) is -5.08. The zero-order valence-electron chi connectivity index (χ0n) is 30.7. The molecular formula is C43H35Cl2F3N4O6. The summed E-state index contributed by atoms with van der Waals surface area (Å²) < 4.78 is 56.6. The highest BCUT2D eigenvalue weighted by atomic mass is 35.5. The van der Waals surface area contributed by atoms with Crippen LogP contribution in [0.15, 0.2) is 103 Å². The topological polar surface area (TPSA) is 139 Å². The van der Waals surface area contributed by atoms with E-state index in [-0.39, 0.29) is 43.3 Å². The molecule has 58 heavy (non-hydrogen) atoms. The normalized spacial score (nSPS) is 16.2. The van der Waals surface area contributed by atoms with Gasteiger partial charge in [-0.15, -0.1) is 12.4 Å². The van der Waals surface area contributed by atoms with E-state index in [1.54, 1.807) is 42.5 Å². The SMILES string of the molecule is COC(=O)[C@H](Cc1ccc(-c2ccc(C#N)cc2)cc1)NC(=O)C1Cc2cc3c(cc2CN1)O[C@@H](c1ccc(OCc2ccc(Cl)c(C(F)(F)F)c2)cc1)C(=O)N3.Cl. The average Bonchev–Trinajstić information content (AvgIpc) is 3.21. The number of anilines is 1. The van der Waals surface area contributed by atoms with Crippen molar-refractivity contribution < 1.29 is 41.8 Å². The number of methoxy groups -OCH3 is 1. The van der Waals surface area contributed by atoms with Crippen molar-refractivity contribution in [2.75, 3.05) is 12.4 Å². The number of benzene rings is 5. The van der Waals surface area contributed by atoms with Crippen LogP contribution in [0.1, 0.15) is 45.0 Å². The molecular weight excluding hydrogens is 796 g/mol. The molecule has 0 spiro atoms. The first-order valence-corrected chi connectivity index (χ1v) is 18.2. The number of hydrogen-bond acceptors (Lipinski definition) is 8. The van der Waals surface area contributed by atoms with Crippen LogP contribution in [0.25, 0.3) is 11.1 Å². The number of hydrogen-bond donors (Lipinski definition) is 3. The zero-order chi connectivity index (χ0) is 40.3. The van der Waals surface area contributed by atoms with Gasteiger partial charge in [-0.3, -0.25) is 9.59 Å². The molecule has 0 bridgehead atoms. The van der Waals surface area contributed by atoms with Crippen LogP contribution in [-0.2, 0) is 51.3 Å². The van der Waals surface area contributed by atoms with Crippen molar-refractivity contribution in [1.82, 2.24) is 10.6 Å². The maximum absolute atomic E-state index is 13.5. The summed E-state index contributed by atoms with van der Waals surface area (Å²) in [7, 11) is 1.27. The number of nitrogens with one attached hydrogen (secondary N) is 3. The lowest BCUT2D eigenvalue weighted by atomic mass is 9.93. The first kappa shape index (κ1) is 41.6. The van der Waals surface area contributed by atoms with Gasteiger partial charge in [0.1, 0.15) is 24.1 Å². The molecule has 2 heterocycles. The predicted molar refractivity (Wildman–Crippen MR) is 211 cm³/mol. The second-order valence-electron chi connectivity index (χ2n) is 13.6.